The van der Waals surface area contributed by atoms with Crippen molar-refractivity contribution in [1.82, 2.24) is 9.62 Å². The van der Waals surface area contributed by atoms with Gasteiger partial charge in [-0.05, 0) is 45.9 Å². The summed E-state index contributed by atoms with van der Waals surface area (Å²) in [6.45, 7) is 7.02. The molecule has 1 aromatic rings. The molecule has 23 heavy (non-hydrogen) atoms. The third-order valence-electron chi connectivity index (χ3n) is 3.38. The van der Waals surface area contributed by atoms with Crippen LogP contribution in [-0.2, 0) is 10.0 Å². The van der Waals surface area contributed by atoms with Crippen LogP contribution in [0.15, 0.2) is 23.1 Å². The number of nitrogens with one attached hydrogen (secondary N) is 1. The first-order valence-electron chi connectivity index (χ1n) is 7.25. The number of hydrogen-bond acceptors (Lipinski definition) is 5. The monoisotopic (exact) mass is 339 g/mol. The molecule has 0 aromatic heterocycles. The molecule has 2 rings (SSSR count). The average Bonchev–Trinajstić information content (AvgIpc) is 2.62. The van der Waals surface area contributed by atoms with Crippen molar-refractivity contribution in [1.29, 1.82) is 0 Å². The molecule has 0 bridgehead atoms. The number of carbonyl (C=O) groups excluding carboxylic acids is 2. The van der Waals surface area contributed by atoms with Crippen molar-refractivity contribution in [3.8, 4) is 0 Å². The molecule has 2 amide bonds. The molecule has 1 aliphatic rings. The van der Waals surface area contributed by atoms with Crippen molar-refractivity contribution in [3.63, 3.8) is 0 Å². The van der Waals surface area contributed by atoms with Gasteiger partial charge in [0.05, 0.1) is 5.56 Å². The van der Waals surface area contributed by atoms with Crippen LogP contribution < -0.4 is 11.1 Å². The highest BCUT2D eigenvalue weighted by molar-refractivity contribution is 7.90. The van der Waals surface area contributed by atoms with Crippen LogP contribution in [0.25, 0.3) is 0 Å². The van der Waals surface area contributed by atoms with E-state index in [4.69, 9.17) is 5.73 Å². The van der Waals surface area contributed by atoms with Gasteiger partial charge in [0.1, 0.15) is 4.90 Å². The van der Waals surface area contributed by atoms with E-state index in [0.29, 0.717) is 0 Å². The Morgan fingerprint density at radius 2 is 1.96 bits per heavy atom. The number of sulfonamides is 1. The third kappa shape index (κ3) is 3.23. The van der Waals surface area contributed by atoms with E-state index in [1.54, 1.807) is 27.7 Å². The summed E-state index contributed by atoms with van der Waals surface area (Å²) in [6, 6.07) is 3.56. The molecule has 126 valence electrons. The van der Waals surface area contributed by atoms with Crippen molar-refractivity contribution in [2.75, 3.05) is 6.54 Å². The van der Waals surface area contributed by atoms with Crippen molar-refractivity contribution in [2.24, 2.45) is 5.73 Å². The standard InChI is InChI=1S/C15H21N3O4S/c1-9(2)18-14(20)11-6-5-10(7-12(11)23(18,21)22)13(19)17-8-15(3,4)16/h5-7,9H,8,16H2,1-4H3,(H,17,19). The Labute approximate surface area is 135 Å². The minimum atomic E-state index is -3.92. The number of fused-ring (bicyclic) bond motifs is 1. The van der Waals surface area contributed by atoms with Gasteiger partial charge >= 0.3 is 0 Å². The number of amides is 2. The van der Waals surface area contributed by atoms with Gasteiger partial charge in [0.15, 0.2) is 0 Å². The zero-order chi connectivity index (χ0) is 17.6. The van der Waals surface area contributed by atoms with Gasteiger partial charge in [-0.1, -0.05) is 0 Å². The maximum atomic E-state index is 12.5. The molecular formula is C15H21N3O4S. The van der Waals surface area contributed by atoms with E-state index in [2.05, 4.69) is 5.32 Å². The maximum Gasteiger partial charge on any atom is 0.269 e. The fourth-order valence-corrected chi connectivity index (χ4v) is 4.10. The molecule has 1 aromatic carbocycles. The fraction of sp³-hybridized carbons (Fsp3) is 0.467. The van der Waals surface area contributed by atoms with Crippen LogP contribution in [0, 0.1) is 0 Å². The SMILES string of the molecule is CC(C)N1C(=O)c2ccc(C(=O)NCC(C)(C)N)cc2S1(=O)=O. The topological polar surface area (TPSA) is 110 Å². The van der Waals surface area contributed by atoms with Crippen molar-refractivity contribution < 1.29 is 18.0 Å². The summed E-state index contributed by atoms with van der Waals surface area (Å²) >= 11 is 0. The second kappa shape index (κ2) is 5.61. The van der Waals surface area contributed by atoms with Crippen LogP contribution >= 0.6 is 0 Å². The van der Waals surface area contributed by atoms with Crippen molar-refractivity contribution in [3.05, 3.63) is 29.3 Å². The van der Waals surface area contributed by atoms with Gasteiger partial charge < -0.3 is 11.1 Å². The summed E-state index contributed by atoms with van der Waals surface area (Å²) < 4.78 is 25.8. The Morgan fingerprint density at radius 1 is 1.35 bits per heavy atom. The first-order valence-corrected chi connectivity index (χ1v) is 8.69. The lowest BCUT2D eigenvalue weighted by molar-refractivity contribution is 0.0845. The predicted octanol–water partition coefficient (Wildman–Crippen LogP) is 0.707. The Morgan fingerprint density at radius 3 is 2.48 bits per heavy atom. The molecule has 1 aliphatic heterocycles. The Hall–Kier alpha value is -1.93. The number of nitrogens with two attached hydrogens (primary N) is 1. The smallest absolute Gasteiger partial charge is 0.269 e. The van der Waals surface area contributed by atoms with E-state index in [1.807, 2.05) is 0 Å². The van der Waals surface area contributed by atoms with Crippen LogP contribution in [0.1, 0.15) is 48.4 Å². The highest BCUT2D eigenvalue weighted by Gasteiger charge is 2.42. The van der Waals surface area contributed by atoms with E-state index >= 15 is 0 Å². The van der Waals surface area contributed by atoms with Gasteiger partial charge in [-0.2, -0.15) is 0 Å². The van der Waals surface area contributed by atoms with Gasteiger partial charge in [-0.25, -0.2) is 12.7 Å². The lowest BCUT2D eigenvalue weighted by atomic mass is 10.1. The number of rotatable bonds is 4. The first kappa shape index (κ1) is 17.4. The Bertz CT molecular complexity index is 763. The van der Waals surface area contributed by atoms with Gasteiger partial charge in [0.25, 0.3) is 21.8 Å². The molecule has 7 nitrogen and oxygen atoms in total. The highest BCUT2D eigenvalue weighted by Crippen LogP contribution is 2.32. The van der Waals surface area contributed by atoms with Crippen LogP contribution in [0.5, 0.6) is 0 Å². The highest BCUT2D eigenvalue weighted by atomic mass is 32.2. The van der Waals surface area contributed by atoms with Crippen LogP contribution in [0.3, 0.4) is 0 Å². The quantitative estimate of drug-likeness (QED) is 0.839. The minimum absolute atomic E-state index is 0.0920. The lowest BCUT2D eigenvalue weighted by Crippen LogP contribution is -2.45. The van der Waals surface area contributed by atoms with Crippen LogP contribution in [0.2, 0.25) is 0 Å². The number of nitrogens with zero attached hydrogens (tertiary/aromatic N) is 1. The minimum Gasteiger partial charge on any atom is -0.350 e. The molecule has 0 saturated carbocycles. The number of benzene rings is 1. The zero-order valence-electron chi connectivity index (χ0n) is 13.6. The third-order valence-corrected chi connectivity index (χ3v) is 5.38. The molecule has 0 aliphatic carbocycles. The van der Waals surface area contributed by atoms with Gasteiger partial charge in [0.2, 0.25) is 0 Å². The fourth-order valence-electron chi connectivity index (χ4n) is 2.31. The molecule has 0 radical (unpaired) electrons. The second-order valence-corrected chi connectivity index (χ2v) is 8.37. The van der Waals surface area contributed by atoms with E-state index in [0.717, 1.165) is 4.31 Å². The van der Waals surface area contributed by atoms with Crippen molar-refractivity contribution in [2.45, 2.75) is 44.2 Å². The molecule has 0 unspecified atom stereocenters. The molecule has 0 fully saturated rings. The average molecular weight is 339 g/mol. The molecular weight excluding hydrogens is 318 g/mol. The first-order chi connectivity index (χ1) is 10.4. The number of carbonyl (C=O) groups is 2. The summed E-state index contributed by atoms with van der Waals surface area (Å²) in [5, 5.41) is 2.65. The normalized spacial score (nSPS) is 16.6. The molecule has 1 heterocycles. The summed E-state index contributed by atoms with van der Waals surface area (Å²) in [6.07, 6.45) is 0. The largest absolute Gasteiger partial charge is 0.350 e. The van der Waals surface area contributed by atoms with Crippen LogP contribution in [-0.4, -0.2) is 42.7 Å². The van der Waals surface area contributed by atoms with E-state index in [1.165, 1.54) is 18.2 Å². The zero-order valence-corrected chi connectivity index (χ0v) is 14.4. The predicted molar refractivity (Wildman–Crippen MR) is 85.5 cm³/mol. The maximum absolute atomic E-state index is 12.5. The Balaban J connectivity index is 2.37. The van der Waals surface area contributed by atoms with E-state index < -0.39 is 33.4 Å². The summed E-state index contributed by atoms with van der Waals surface area (Å²) in [4.78, 5) is 24.2. The van der Waals surface area contributed by atoms with Gasteiger partial charge in [-0.15, -0.1) is 0 Å². The van der Waals surface area contributed by atoms with Gasteiger partial charge in [-0.3, -0.25) is 9.59 Å². The molecule has 0 saturated heterocycles. The van der Waals surface area contributed by atoms with E-state index in [9.17, 15) is 18.0 Å². The van der Waals surface area contributed by atoms with Crippen molar-refractivity contribution >= 4 is 21.8 Å². The van der Waals surface area contributed by atoms with Gasteiger partial charge in [0, 0.05) is 23.7 Å². The molecule has 0 atom stereocenters. The molecule has 8 heteroatoms. The summed E-state index contributed by atoms with van der Waals surface area (Å²) in [5.74, 6) is -0.998. The number of hydrogen-bond donors (Lipinski definition) is 2. The second-order valence-electron chi connectivity index (χ2n) is 6.58. The van der Waals surface area contributed by atoms with E-state index in [-0.39, 0.29) is 22.6 Å². The summed E-state index contributed by atoms with van der Waals surface area (Å²) in [5.41, 5.74) is 5.49. The van der Waals surface area contributed by atoms with Crippen LogP contribution in [0.4, 0.5) is 0 Å². The Kier molecular flexibility index (Phi) is 4.25. The summed E-state index contributed by atoms with van der Waals surface area (Å²) in [7, 11) is -3.92. The lowest BCUT2D eigenvalue weighted by Gasteiger charge is -2.19. The molecule has 0 spiro atoms. The molecule has 3 N–H and O–H groups in total.